The fourth-order valence-corrected chi connectivity index (χ4v) is 4.67. The van der Waals surface area contributed by atoms with Gasteiger partial charge >= 0.3 is 0 Å². The summed E-state index contributed by atoms with van der Waals surface area (Å²) in [6, 6.07) is 8.91. The summed E-state index contributed by atoms with van der Waals surface area (Å²) >= 11 is 6.10. The molecule has 3 atom stereocenters. The van der Waals surface area contributed by atoms with Crippen molar-refractivity contribution in [2.45, 2.75) is 72.5 Å². The van der Waals surface area contributed by atoms with Crippen LogP contribution in [0.4, 0.5) is 0 Å². The summed E-state index contributed by atoms with van der Waals surface area (Å²) in [6.45, 7) is 12.8. The second-order valence-electron chi connectivity index (χ2n) is 9.55. The maximum absolute atomic E-state index is 12.6. The largest absolute Gasteiger partial charge is 0.394 e. The lowest BCUT2D eigenvalue weighted by molar-refractivity contribution is -0.137. The normalized spacial score (nSPS) is 15.9. The van der Waals surface area contributed by atoms with Gasteiger partial charge in [-0.2, -0.15) is 0 Å². The van der Waals surface area contributed by atoms with E-state index in [1.165, 1.54) is 0 Å². The molecule has 3 heterocycles. The van der Waals surface area contributed by atoms with Crippen LogP contribution in [0, 0.1) is 12.8 Å². The first-order chi connectivity index (χ1) is 18.8. The molecule has 0 radical (unpaired) electrons. The molecule has 1 aliphatic rings. The molecule has 9 nitrogen and oxygen atoms in total. The van der Waals surface area contributed by atoms with Gasteiger partial charge in [-0.25, -0.2) is 4.68 Å². The lowest BCUT2D eigenvalue weighted by Crippen LogP contribution is -2.41. The number of nitrogens with one attached hydrogen (secondary N) is 1. The minimum absolute atomic E-state index is 0.147. The number of aromatic nitrogens is 4. The highest BCUT2D eigenvalue weighted by Crippen LogP contribution is 2.28. The van der Waals surface area contributed by atoms with Gasteiger partial charge in [0.15, 0.2) is 0 Å². The molecule has 4 rings (SSSR count). The number of benzene rings is 1. The molecule has 0 saturated carbocycles. The predicted molar refractivity (Wildman–Crippen MR) is 154 cm³/mol. The Bertz CT molecular complexity index is 1170. The number of aryl methyl sites for hydroxylation is 1. The van der Waals surface area contributed by atoms with Gasteiger partial charge in [-0.3, -0.25) is 14.6 Å². The van der Waals surface area contributed by atoms with Gasteiger partial charge < -0.3 is 15.3 Å². The summed E-state index contributed by atoms with van der Waals surface area (Å²) in [7, 11) is 0. The third-order valence-electron chi connectivity index (χ3n) is 6.47. The summed E-state index contributed by atoms with van der Waals surface area (Å²) in [5, 5.41) is 20.4. The molecule has 0 aliphatic carbocycles. The summed E-state index contributed by atoms with van der Waals surface area (Å²) in [5.41, 5.74) is 3.46. The highest BCUT2D eigenvalue weighted by Gasteiger charge is 2.34. The van der Waals surface area contributed by atoms with Crippen LogP contribution in [0.15, 0.2) is 48.9 Å². The number of hydrogen-bond acceptors (Lipinski definition) is 6. The Labute approximate surface area is 236 Å². The predicted octanol–water partition coefficient (Wildman–Crippen LogP) is 5.00. The van der Waals surface area contributed by atoms with Crippen LogP contribution in [-0.4, -0.2) is 61.5 Å². The maximum atomic E-state index is 12.6. The Morgan fingerprint density at radius 1 is 1.23 bits per heavy atom. The van der Waals surface area contributed by atoms with Crippen molar-refractivity contribution in [3.8, 4) is 11.1 Å². The first-order valence-electron chi connectivity index (χ1n) is 13.5. The monoisotopic (exact) mass is 556 g/mol. The Morgan fingerprint density at radius 2 is 1.92 bits per heavy atom. The van der Waals surface area contributed by atoms with Gasteiger partial charge in [-0.1, -0.05) is 68.8 Å². The van der Waals surface area contributed by atoms with E-state index in [2.05, 4.69) is 41.4 Å². The van der Waals surface area contributed by atoms with Crippen LogP contribution in [0.3, 0.4) is 0 Å². The van der Waals surface area contributed by atoms with E-state index in [0.717, 1.165) is 41.8 Å². The van der Waals surface area contributed by atoms with Crippen molar-refractivity contribution in [1.82, 2.24) is 30.2 Å². The van der Waals surface area contributed by atoms with E-state index < -0.39 is 6.04 Å². The van der Waals surface area contributed by atoms with Crippen molar-refractivity contribution < 1.29 is 14.7 Å². The third-order valence-corrected chi connectivity index (χ3v) is 6.80. The van der Waals surface area contributed by atoms with Crippen LogP contribution >= 0.6 is 11.6 Å². The van der Waals surface area contributed by atoms with E-state index in [-0.39, 0.29) is 24.5 Å². The van der Waals surface area contributed by atoms with Crippen LogP contribution < -0.4 is 5.32 Å². The van der Waals surface area contributed by atoms with Crippen LogP contribution in [0.2, 0.25) is 5.02 Å². The molecule has 0 bridgehead atoms. The van der Waals surface area contributed by atoms with E-state index in [9.17, 15) is 14.7 Å². The Hall–Kier alpha value is -3.30. The minimum Gasteiger partial charge on any atom is -0.394 e. The summed E-state index contributed by atoms with van der Waals surface area (Å²) < 4.78 is 1.72. The SMILES string of the molecule is CC.Cc1cn(C(C(=O)N2CCCC2C)C(C)C)nn1.O=CNC(CO)c1ccc(-c2cnccc2Cl)cc1. The summed E-state index contributed by atoms with van der Waals surface area (Å²) in [5.74, 6) is 0.395. The lowest BCUT2D eigenvalue weighted by Gasteiger charge is -2.28. The molecular weight excluding hydrogens is 516 g/mol. The van der Waals surface area contributed by atoms with Crippen molar-refractivity contribution in [1.29, 1.82) is 0 Å². The number of aliphatic hydroxyl groups excluding tert-OH is 1. The van der Waals surface area contributed by atoms with Crippen LogP contribution in [0.5, 0.6) is 0 Å². The van der Waals surface area contributed by atoms with Crippen LogP contribution in [-0.2, 0) is 9.59 Å². The molecule has 2 amide bonds. The summed E-state index contributed by atoms with van der Waals surface area (Å²) in [4.78, 5) is 29.1. The molecule has 212 valence electrons. The van der Waals surface area contributed by atoms with Crippen molar-refractivity contribution in [3.63, 3.8) is 0 Å². The summed E-state index contributed by atoms with van der Waals surface area (Å²) in [6.07, 6.45) is 7.97. The van der Waals surface area contributed by atoms with E-state index in [0.29, 0.717) is 17.5 Å². The van der Waals surface area contributed by atoms with Gasteiger partial charge in [0.25, 0.3) is 0 Å². The van der Waals surface area contributed by atoms with Crippen LogP contribution in [0.1, 0.15) is 70.8 Å². The van der Waals surface area contributed by atoms with Gasteiger partial charge in [0.05, 0.1) is 23.4 Å². The van der Waals surface area contributed by atoms with Gasteiger partial charge in [0.1, 0.15) is 6.04 Å². The number of carbonyl (C=O) groups excluding carboxylic acids is 2. The zero-order valence-corrected chi connectivity index (χ0v) is 24.5. The maximum Gasteiger partial charge on any atom is 0.248 e. The molecule has 2 N–H and O–H groups in total. The van der Waals surface area contributed by atoms with E-state index >= 15 is 0 Å². The zero-order chi connectivity index (χ0) is 28.9. The number of nitrogens with zero attached hydrogens (tertiary/aromatic N) is 5. The molecule has 2 aromatic heterocycles. The number of carbonyl (C=O) groups is 2. The van der Waals surface area contributed by atoms with Gasteiger partial charge in [0, 0.05) is 36.7 Å². The van der Waals surface area contributed by atoms with Crippen molar-refractivity contribution in [2.24, 2.45) is 5.92 Å². The number of halogens is 1. The van der Waals surface area contributed by atoms with Crippen molar-refractivity contribution in [2.75, 3.05) is 13.2 Å². The molecule has 10 heteroatoms. The third kappa shape index (κ3) is 8.60. The first kappa shape index (κ1) is 31.9. The molecule has 0 spiro atoms. The van der Waals surface area contributed by atoms with Crippen molar-refractivity contribution in [3.05, 3.63) is 65.2 Å². The zero-order valence-electron chi connectivity index (χ0n) is 23.7. The number of amides is 2. The van der Waals surface area contributed by atoms with E-state index in [1.807, 2.05) is 56.1 Å². The molecule has 1 aliphatic heterocycles. The number of hydrogen-bond donors (Lipinski definition) is 2. The second kappa shape index (κ2) is 16.0. The molecular formula is C29H41ClN6O3. The average Bonchev–Trinajstić information content (AvgIpc) is 3.57. The molecule has 3 unspecified atom stereocenters. The van der Waals surface area contributed by atoms with E-state index in [1.54, 1.807) is 23.1 Å². The van der Waals surface area contributed by atoms with Crippen molar-refractivity contribution >= 4 is 23.9 Å². The fraction of sp³-hybridized carbons (Fsp3) is 0.483. The second-order valence-corrected chi connectivity index (χ2v) is 9.96. The Kier molecular flexibility index (Phi) is 13.1. The highest BCUT2D eigenvalue weighted by atomic mass is 35.5. The quantitative estimate of drug-likeness (QED) is 0.377. The fourth-order valence-electron chi connectivity index (χ4n) is 4.46. The highest BCUT2D eigenvalue weighted by molar-refractivity contribution is 6.33. The van der Waals surface area contributed by atoms with E-state index in [4.69, 9.17) is 11.6 Å². The topological polar surface area (TPSA) is 113 Å². The smallest absolute Gasteiger partial charge is 0.248 e. The minimum atomic E-state index is -0.393. The number of pyridine rings is 1. The van der Waals surface area contributed by atoms with Gasteiger partial charge in [0.2, 0.25) is 12.3 Å². The average molecular weight is 557 g/mol. The molecule has 3 aromatic rings. The number of aliphatic hydroxyl groups is 1. The lowest BCUT2D eigenvalue weighted by atomic mass is 10.0. The van der Waals surface area contributed by atoms with Crippen LogP contribution in [0.25, 0.3) is 11.1 Å². The molecule has 1 aromatic carbocycles. The molecule has 1 fully saturated rings. The number of rotatable bonds is 8. The standard InChI is InChI=1S/C14H13ClN2O2.C13H22N4O.C2H6/c15-13-5-6-16-7-12(13)10-1-3-11(4-2-10)14(8-18)17-9-19;1-9(2)12(17-8-10(3)14-15-17)13(18)16-7-5-6-11(16)4;1-2/h1-7,9,14,18H,8H2,(H,17,19);8-9,11-12H,5-7H2,1-4H3;1-2H3. The first-order valence-corrected chi connectivity index (χ1v) is 13.8. The Morgan fingerprint density at radius 3 is 2.41 bits per heavy atom. The van der Waals surface area contributed by atoms with Gasteiger partial charge in [-0.05, 0) is 49.8 Å². The Balaban J connectivity index is 0.000000258. The molecule has 1 saturated heterocycles. The number of likely N-dealkylation sites (tertiary alicyclic amines) is 1. The van der Waals surface area contributed by atoms with Gasteiger partial charge in [-0.15, -0.1) is 5.10 Å². The molecule has 39 heavy (non-hydrogen) atoms.